The van der Waals surface area contributed by atoms with E-state index in [1.54, 1.807) is 19.1 Å². The van der Waals surface area contributed by atoms with E-state index in [9.17, 15) is 19.2 Å². The third-order valence-corrected chi connectivity index (χ3v) is 4.04. The fourth-order valence-electron chi connectivity index (χ4n) is 2.65. The van der Waals surface area contributed by atoms with Gasteiger partial charge >= 0.3 is 11.9 Å². The smallest absolute Gasteiger partial charge is 0.338 e. The Hall–Kier alpha value is -2.90. The van der Waals surface area contributed by atoms with E-state index in [1.165, 1.54) is 17.0 Å². The average molecular weight is 376 g/mol. The minimum Gasteiger partial charge on any atom is -0.462 e. The predicted octanol–water partition coefficient (Wildman–Crippen LogP) is 1.75. The summed E-state index contributed by atoms with van der Waals surface area (Å²) >= 11 is 0. The Labute approximate surface area is 157 Å². The van der Waals surface area contributed by atoms with E-state index in [1.807, 2.05) is 0 Å². The van der Waals surface area contributed by atoms with Gasteiger partial charge in [-0.25, -0.2) is 4.79 Å². The highest BCUT2D eigenvalue weighted by Crippen LogP contribution is 2.12. The third-order valence-electron chi connectivity index (χ3n) is 4.04. The largest absolute Gasteiger partial charge is 0.462 e. The zero-order chi connectivity index (χ0) is 19.6. The maximum absolute atomic E-state index is 11.9. The zero-order valence-electron chi connectivity index (χ0n) is 15.4. The average Bonchev–Trinajstić information content (AvgIpc) is 2.85. The van der Waals surface area contributed by atoms with Crippen LogP contribution in [0.5, 0.6) is 0 Å². The first kappa shape index (κ1) is 20.4. The third kappa shape index (κ3) is 6.73. The fourth-order valence-corrected chi connectivity index (χ4v) is 2.65. The standard InChI is InChI=1S/C19H24N2O6/c1-2-26-19(25)14-7-9-15(10-8-14)20-16(22)13-27-18(24)12-21-11-5-3-4-6-17(21)23/h7-10H,2-6,11-13H2,1H3,(H,20,22). The van der Waals surface area contributed by atoms with Crippen LogP contribution in [-0.4, -0.2) is 55.0 Å². The molecule has 0 spiro atoms. The second-order valence-electron chi connectivity index (χ2n) is 6.13. The highest BCUT2D eigenvalue weighted by atomic mass is 16.5. The normalized spacial score (nSPS) is 14.3. The van der Waals surface area contributed by atoms with Crippen LogP contribution in [0.4, 0.5) is 5.69 Å². The number of anilines is 1. The number of likely N-dealkylation sites (tertiary alicyclic amines) is 1. The van der Waals surface area contributed by atoms with Crippen LogP contribution in [0, 0.1) is 0 Å². The molecular formula is C19H24N2O6. The first-order valence-electron chi connectivity index (χ1n) is 9.00. The van der Waals surface area contributed by atoms with Crippen molar-refractivity contribution in [3.63, 3.8) is 0 Å². The van der Waals surface area contributed by atoms with Gasteiger partial charge in [0.25, 0.3) is 5.91 Å². The lowest BCUT2D eigenvalue weighted by molar-refractivity contribution is -0.151. The minimum atomic E-state index is -0.613. The Morgan fingerprint density at radius 3 is 2.52 bits per heavy atom. The van der Waals surface area contributed by atoms with Gasteiger partial charge in [-0.15, -0.1) is 0 Å². The maximum Gasteiger partial charge on any atom is 0.338 e. The summed E-state index contributed by atoms with van der Waals surface area (Å²) in [7, 11) is 0. The molecule has 1 heterocycles. The molecule has 0 unspecified atom stereocenters. The van der Waals surface area contributed by atoms with Crippen LogP contribution >= 0.6 is 0 Å². The molecule has 2 amide bonds. The number of hydrogen-bond acceptors (Lipinski definition) is 6. The van der Waals surface area contributed by atoms with Crippen LogP contribution in [0.15, 0.2) is 24.3 Å². The van der Waals surface area contributed by atoms with Gasteiger partial charge < -0.3 is 19.7 Å². The van der Waals surface area contributed by atoms with Crippen molar-refractivity contribution in [2.24, 2.45) is 0 Å². The highest BCUT2D eigenvalue weighted by Gasteiger charge is 2.20. The second kappa shape index (κ2) is 10.3. The van der Waals surface area contributed by atoms with Crippen molar-refractivity contribution in [1.29, 1.82) is 0 Å². The Morgan fingerprint density at radius 1 is 1.07 bits per heavy atom. The number of hydrogen-bond donors (Lipinski definition) is 1. The van der Waals surface area contributed by atoms with Gasteiger partial charge in [0.05, 0.1) is 12.2 Å². The summed E-state index contributed by atoms with van der Waals surface area (Å²) in [6, 6.07) is 6.18. The summed E-state index contributed by atoms with van der Waals surface area (Å²) in [6.45, 7) is 1.95. The highest BCUT2D eigenvalue weighted by molar-refractivity contribution is 5.94. The zero-order valence-corrected chi connectivity index (χ0v) is 15.4. The lowest BCUT2D eigenvalue weighted by Crippen LogP contribution is -2.36. The maximum atomic E-state index is 11.9. The number of carbonyl (C=O) groups is 4. The summed E-state index contributed by atoms with van der Waals surface area (Å²) in [5.74, 6) is -1.62. The number of esters is 2. The van der Waals surface area contributed by atoms with Crippen LogP contribution < -0.4 is 5.32 Å². The molecule has 0 saturated carbocycles. The molecule has 0 aromatic heterocycles. The molecule has 1 aliphatic rings. The number of nitrogens with zero attached hydrogens (tertiary/aromatic N) is 1. The van der Waals surface area contributed by atoms with Gasteiger partial charge in [0.2, 0.25) is 5.91 Å². The Kier molecular flexibility index (Phi) is 7.79. The second-order valence-corrected chi connectivity index (χ2v) is 6.13. The molecule has 0 radical (unpaired) electrons. The Balaban J connectivity index is 1.76. The van der Waals surface area contributed by atoms with E-state index in [0.29, 0.717) is 24.2 Å². The van der Waals surface area contributed by atoms with E-state index in [2.05, 4.69) is 5.32 Å². The SMILES string of the molecule is CCOC(=O)c1ccc(NC(=O)COC(=O)CN2CCCCCC2=O)cc1. The van der Waals surface area contributed by atoms with Crippen molar-refractivity contribution in [3.05, 3.63) is 29.8 Å². The van der Waals surface area contributed by atoms with Crippen molar-refractivity contribution in [2.75, 3.05) is 31.6 Å². The minimum absolute atomic E-state index is 0.0596. The monoisotopic (exact) mass is 376 g/mol. The topological polar surface area (TPSA) is 102 Å². The molecule has 0 bridgehead atoms. The van der Waals surface area contributed by atoms with Crippen LogP contribution in [0.3, 0.4) is 0 Å². The van der Waals surface area contributed by atoms with E-state index in [0.717, 1.165) is 19.3 Å². The number of carbonyl (C=O) groups excluding carboxylic acids is 4. The predicted molar refractivity (Wildman–Crippen MR) is 97.0 cm³/mol. The van der Waals surface area contributed by atoms with E-state index in [-0.39, 0.29) is 19.1 Å². The summed E-state index contributed by atoms with van der Waals surface area (Å²) < 4.78 is 9.82. The van der Waals surface area contributed by atoms with Crippen LogP contribution in [0.1, 0.15) is 43.0 Å². The van der Waals surface area contributed by atoms with Gasteiger partial charge in [0.15, 0.2) is 6.61 Å². The van der Waals surface area contributed by atoms with Crippen LogP contribution in [0.25, 0.3) is 0 Å². The van der Waals surface area contributed by atoms with Crippen molar-refractivity contribution in [3.8, 4) is 0 Å². The quantitative estimate of drug-likeness (QED) is 0.728. The van der Waals surface area contributed by atoms with Crippen molar-refractivity contribution in [2.45, 2.75) is 32.6 Å². The molecule has 0 aliphatic carbocycles. The number of nitrogens with one attached hydrogen (secondary N) is 1. The van der Waals surface area contributed by atoms with Gasteiger partial charge in [0.1, 0.15) is 6.54 Å². The molecule has 0 atom stereocenters. The lowest BCUT2D eigenvalue weighted by atomic mass is 10.2. The number of ether oxygens (including phenoxy) is 2. The van der Waals surface area contributed by atoms with Gasteiger partial charge in [-0.05, 0) is 44.0 Å². The van der Waals surface area contributed by atoms with Gasteiger partial charge in [-0.1, -0.05) is 6.42 Å². The Bertz CT molecular complexity index is 686. The van der Waals surface area contributed by atoms with Crippen LogP contribution in [-0.2, 0) is 23.9 Å². The van der Waals surface area contributed by atoms with Crippen molar-refractivity contribution < 1.29 is 28.7 Å². The molecule has 1 aromatic carbocycles. The van der Waals surface area contributed by atoms with Gasteiger partial charge in [0, 0.05) is 18.7 Å². The fraction of sp³-hybridized carbons (Fsp3) is 0.474. The van der Waals surface area contributed by atoms with Gasteiger partial charge in [-0.3, -0.25) is 14.4 Å². The molecule has 1 N–H and O–H groups in total. The van der Waals surface area contributed by atoms with E-state index >= 15 is 0 Å². The molecule has 27 heavy (non-hydrogen) atoms. The first-order valence-corrected chi connectivity index (χ1v) is 9.00. The molecular weight excluding hydrogens is 352 g/mol. The summed E-state index contributed by atoms with van der Waals surface area (Å²) in [5.41, 5.74) is 0.843. The van der Waals surface area contributed by atoms with E-state index < -0.39 is 24.5 Å². The molecule has 146 valence electrons. The molecule has 1 aliphatic heterocycles. The first-order chi connectivity index (χ1) is 13.0. The number of rotatable bonds is 7. The number of amides is 2. The molecule has 1 aromatic rings. The van der Waals surface area contributed by atoms with E-state index in [4.69, 9.17) is 9.47 Å². The number of benzene rings is 1. The molecule has 1 fully saturated rings. The lowest BCUT2D eigenvalue weighted by Gasteiger charge is -2.19. The Morgan fingerprint density at radius 2 is 1.81 bits per heavy atom. The molecule has 8 heteroatoms. The summed E-state index contributed by atoms with van der Waals surface area (Å²) in [4.78, 5) is 48.6. The van der Waals surface area contributed by atoms with Crippen LogP contribution in [0.2, 0.25) is 0 Å². The van der Waals surface area contributed by atoms with Crippen molar-refractivity contribution >= 4 is 29.4 Å². The summed E-state index contributed by atoms with van der Waals surface area (Å²) in [5, 5.41) is 2.57. The summed E-state index contributed by atoms with van der Waals surface area (Å²) in [6.07, 6.45) is 3.10. The molecule has 1 saturated heterocycles. The van der Waals surface area contributed by atoms with Gasteiger partial charge in [-0.2, -0.15) is 0 Å². The van der Waals surface area contributed by atoms with Crippen molar-refractivity contribution in [1.82, 2.24) is 4.90 Å². The molecule has 8 nitrogen and oxygen atoms in total. The molecule has 2 rings (SSSR count).